The highest BCUT2D eigenvalue weighted by Crippen LogP contribution is 2.20. The van der Waals surface area contributed by atoms with Crippen molar-refractivity contribution < 1.29 is 18.7 Å². The molecule has 6 heteroatoms. The number of hydrogen-bond donors (Lipinski definition) is 3. The minimum absolute atomic E-state index is 0.0625. The molecule has 0 saturated heterocycles. The smallest absolute Gasteiger partial charge is 0.251 e. The predicted molar refractivity (Wildman–Crippen MR) is 147 cm³/mol. The summed E-state index contributed by atoms with van der Waals surface area (Å²) >= 11 is 0. The second-order valence-corrected chi connectivity index (χ2v) is 9.38. The highest BCUT2D eigenvalue weighted by molar-refractivity contribution is 5.95. The molecule has 0 aromatic heterocycles. The zero-order valence-corrected chi connectivity index (χ0v) is 21.3. The molecule has 0 aliphatic heterocycles. The summed E-state index contributed by atoms with van der Waals surface area (Å²) in [5.41, 5.74) is 4.95. The Hall–Kier alpha value is -3.87. The Morgan fingerprint density at radius 3 is 2.21 bits per heavy atom. The zero-order valence-electron chi connectivity index (χ0n) is 21.3. The highest BCUT2D eigenvalue weighted by atomic mass is 19.1. The van der Waals surface area contributed by atoms with E-state index in [4.69, 9.17) is 0 Å². The summed E-state index contributed by atoms with van der Waals surface area (Å²) < 4.78 is 27.7. The van der Waals surface area contributed by atoms with E-state index in [2.05, 4.69) is 29.7 Å². The lowest BCUT2D eigenvalue weighted by Crippen LogP contribution is -2.48. The fourth-order valence-corrected chi connectivity index (χ4v) is 4.45. The van der Waals surface area contributed by atoms with Crippen LogP contribution >= 0.6 is 0 Å². The molecule has 4 nitrogen and oxygen atoms in total. The molecule has 0 spiro atoms. The molecular weight excluding hydrogens is 482 g/mol. The molecule has 4 aromatic carbocycles. The van der Waals surface area contributed by atoms with Crippen molar-refractivity contribution in [2.45, 2.75) is 38.5 Å². The van der Waals surface area contributed by atoms with Gasteiger partial charge in [0.1, 0.15) is 11.6 Å². The van der Waals surface area contributed by atoms with Crippen molar-refractivity contribution in [3.8, 4) is 11.1 Å². The van der Waals surface area contributed by atoms with Crippen LogP contribution in [0.15, 0.2) is 97.1 Å². The number of benzene rings is 4. The lowest BCUT2D eigenvalue weighted by atomic mass is 9.99. The van der Waals surface area contributed by atoms with E-state index in [0.29, 0.717) is 17.7 Å². The minimum Gasteiger partial charge on any atom is -0.390 e. The van der Waals surface area contributed by atoms with E-state index in [1.807, 2.05) is 48.5 Å². The van der Waals surface area contributed by atoms with Gasteiger partial charge in [-0.2, -0.15) is 0 Å². The van der Waals surface area contributed by atoms with Crippen LogP contribution in [0.3, 0.4) is 0 Å². The molecule has 1 amide bonds. The minimum atomic E-state index is -1.00. The second-order valence-electron chi connectivity index (χ2n) is 9.38. The van der Waals surface area contributed by atoms with Crippen molar-refractivity contribution in [2.75, 3.05) is 6.54 Å². The number of aliphatic hydroxyl groups excluding tert-OH is 1. The number of aryl methyl sites for hydroxylation is 1. The summed E-state index contributed by atoms with van der Waals surface area (Å²) in [5.74, 6) is -1.78. The lowest BCUT2D eigenvalue weighted by molar-refractivity contribution is 0.0830. The van der Waals surface area contributed by atoms with E-state index in [0.717, 1.165) is 29.2 Å². The molecule has 2 unspecified atom stereocenters. The Kier molecular flexibility index (Phi) is 9.35. The third-order valence-electron chi connectivity index (χ3n) is 6.47. The van der Waals surface area contributed by atoms with Gasteiger partial charge in [0, 0.05) is 24.7 Å². The quantitative estimate of drug-likeness (QED) is 0.241. The van der Waals surface area contributed by atoms with Crippen LogP contribution in [0, 0.1) is 11.6 Å². The van der Waals surface area contributed by atoms with Crippen LogP contribution in [0.25, 0.3) is 11.1 Å². The molecule has 196 valence electrons. The van der Waals surface area contributed by atoms with E-state index in [9.17, 15) is 18.7 Å². The van der Waals surface area contributed by atoms with Crippen molar-refractivity contribution in [3.05, 3.63) is 131 Å². The van der Waals surface area contributed by atoms with Crippen LogP contribution in [-0.2, 0) is 19.4 Å². The van der Waals surface area contributed by atoms with Gasteiger partial charge in [-0.05, 0) is 64.9 Å². The maximum absolute atomic E-state index is 13.9. The Balaban J connectivity index is 1.49. The third kappa shape index (κ3) is 7.57. The molecule has 3 N–H and O–H groups in total. The molecular formula is C32H32F2N2O2. The highest BCUT2D eigenvalue weighted by Gasteiger charge is 2.23. The maximum Gasteiger partial charge on any atom is 0.251 e. The van der Waals surface area contributed by atoms with Crippen molar-refractivity contribution in [1.29, 1.82) is 0 Å². The predicted octanol–water partition coefficient (Wildman–Crippen LogP) is 5.69. The van der Waals surface area contributed by atoms with Crippen LogP contribution in [0.5, 0.6) is 0 Å². The third-order valence-corrected chi connectivity index (χ3v) is 6.47. The Labute approximate surface area is 222 Å². The standard InChI is InChI=1S/C32H32F2N2O2/c1-2-22-8-6-9-23(14-22)20-35-21-31(37)30(17-24-15-28(33)19-29(34)16-24)36-32(38)27-13-7-12-26(18-27)25-10-4-3-5-11-25/h3-16,18-19,30-31,35,37H,2,17,20-21H2,1H3,(H,36,38). The lowest BCUT2D eigenvalue weighted by Gasteiger charge is -2.25. The fraction of sp³-hybridized carbons (Fsp3) is 0.219. The van der Waals surface area contributed by atoms with Crippen LogP contribution in [0.4, 0.5) is 8.78 Å². The van der Waals surface area contributed by atoms with Gasteiger partial charge in [0.2, 0.25) is 0 Å². The Bertz CT molecular complexity index is 1340. The molecule has 0 fully saturated rings. The van der Waals surface area contributed by atoms with Crippen LogP contribution in [-0.4, -0.2) is 29.7 Å². The van der Waals surface area contributed by atoms with Gasteiger partial charge in [-0.25, -0.2) is 8.78 Å². The Morgan fingerprint density at radius 2 is 1.47 bits per heavy atom. The van der Waals surface area contributed by atoms with Crippen molar-refractivity contribution in [2.24, 2.45) is 0 Å². The van der Waals surface area contributed by atoms with E-state index in [1.54, 1.807) is 18.2 Å². The molecule has 0 aliphatic rings. The summed E-state index contributed by atoms with van der Waals surface area (Å²) in [4.78, 5) is 13.2. The number of nitrogens with one attached hydrogen (secondary N) is 2. The number of aliphatic hydroxyl groups is 1. The summed E-state index contributed by atoms with van der Waals surface area (Å²) in [6, 6.07) is 27.5. The zero-order chi connectivity index (χ0) is 26.9. The molecule has 4 rings (SSSR count). The fourth-order valence-electron chi connectivity index (χ4n) is 4.45. The first kappa shape index (κ1) is 27.2. The van der Waals surface area contributed by atoms with Gasteiger partial charge >= 0.3 is 0 Å². The second kappa shape index (κ2) is 13.1. The molecule has 2 atom stereocenters. The van der Waals surface area contributed by atoms with E-state index in [1.165, 1.54) is 17.7 Å². The number of hydrogen-bond acceptors (Lipinski definition) is 3. The molecule has 0 aliphatic carbocycles. The van der Waals surface area contributed by atoms with Gasteiger partial charge < -0.3 is 15.7 Å². The number of rotatable bonds is 11. The van der Waals surface area contributed by atoms with Gasteiger partial charge in [0.15, 0.2) is 0 Å². The van der Waals surface area contributed by atoms with Crippen LogP contribution in [0.1, 0.15) is 34.0 Å². The van der Waals surface area contributed by atoms with Gasteiger partial charge in [-0.1, -0.05) is 73.7 Å². The van der Waals surface area contributed by atoms with Gasteiger partial charge in [-0.15, -0.1) is 0 Å². The van der Waals surface area contributed by atoms with Gasteiger partial charge in [-0.3, -0.25) is 4.79 Å². The Morgan fingerprint density at radius 1 is 0.789 bits per heavy atom. The van der Waals surface area contributed by atoms with E-state index >= 15 is 0 Å². The summed E-state index contributed by atoms with van der Waals surface area (Å²) in [7, 11) is 0. The molecule has 38 heavy (non-hydrogen) atoms. The molecule has 0 bridgehead atoms. The van der Waals surface area contributed by atoms with Crippen molar-refractivity contribution in [1.82, 2.24) is 10.6 Å². The first-order valence-corrected chi connectivity index (χ1v) is 12.8. The van der Waals surface area contributed by atoms with Crippen LogP contribution in [0.2, 0.25) is 0 Å². The van der Waals surface area contributed by atoms with Crippen LogP contribution < -0.4 is 10.6 Å². The monoisotopic (exact) mass is 514 g/mol. The van der Waals surface area contributed by atoms with E-state index in [-0.39, 0.29) is 18.9 Å². The average molecular weight is 515 g/mol. The molecule has 0 saturated carbocycles. The van der Waals surface area contributed by atoms with Crippen molar-refractivity contribution in [3.63, 3.8) is 0 Å². The number of carbonyl (C=O) groups is 1. The maximum atomic E-state index is 13.9. The summed E-state index contributed by atoms with van der Waals surface area (Å²) in [6.45, 7) is 2.82. The normalized spacial score (nSPS) is 12.6. The first-order valence-electron chi connectivity index (χ1n) is 12.8. The van der Waals surface area contributed by atoms with Crippen molar-refractivity contribution >= 4 is 5.91 Å². The largest absolute Gasteiger partial charge is 0.390 e. The summed E-state index contributed by atoms with van der Waals surface area (Å²) in [5, 5.41) is 17.2. The SMILES string of the molecule is CCc1cccc(CNCC(O)C(Cc2cc(F)cc(F)c2)NC(=O)c2cccc(-c3ccccc3)c2)c1. The number of carbonyl (C=O) groups excluding carboxylic acids is 1. The molecule has 0 heterocycles. The average Bonchev–Trinajstić information content (AvgIpc) is 2.92. The van der Waals surface area contributed by atoms with Gasteiger partial charge in [0.05, 0.1) is 12.1 Å². The number of amides is 1. The number of halogens is 2. The van der Waals surface area contributed by atoms with E-state index < -0.39 is 23.8 Å². The molecule has 4 aromatic rings. The topological polar surface area (TPSA) is 61.4 Å². The first-order chi connectivity index (χ1) is 18.4. The summed E-state index contributed by atoms with van der Waals surface area (Å²) in [6.07, 6.45) is -0.00958. The molecule has 0 radical (unpaired) electrons. The van der Waals surface area contributed by atoms with Gasteiger partial charge in [0.25, 0.3) is 5.91 Å².